The maximum Gasteiger partial charge on any atom is 0.314 e. The number of amides is 2. The van der Waals surface area contributed by atoms with Crippen molar-refractivity contribution in [2.45, 2.75) is 32.3 Å². The maximum absolute atomic E-state index is 11.9. The zero-order valence-electron chi connectivity index (χ0n) is 12.4. The fourth-order valence-electron chi connectivity index (χ4n) is 2.25. The summed E-state index contributed by atoms with van der Waals surface area (Å²) in [6, 6.07) is 7.20. The zero-order valence-corrected chi connectivity index (χ0v) is 12.4. The van der Waals surface area contributed by atoms with Crippen LogP contribution in [-0.2, 0) is 4.74 Å². The summed E-state index contributed by atoms with van der Waals surface area (Å²) in [5.41, 5.74) is 1.81. The van der Waals surface area contributed by atoms with E-state index in [4.69, 9.17) is 4.74 Å². The standard InChI is InChI=1S/C16H22N2O3/c1-12-4-6-13(7-5-12)15(19)8-9-17-16(20)18-11-14-3-2-10-21-14/h4-7,14H,2-3,8-11H2,1H3,(H2,17,18,20). The van der Waals surface area contributed by atoms with Gasteiger partial charge in [-0.2, -0.15) is 0 Å². The minimum absolute atomic E-state index is 0.0365. The molecule has 1 aromatic rings. The molecule has 21 heavy (non-hydrogen) atoms. The Morgan fingerprint density at radius 1 is 1.24 bits per heavy atom. The van der Waals surface area contributed by atoms with Crippen molar-refractivity contribution in [3.8, 4) is 0 Å². The van der Waals surface area contributed by atoms with Crippen molar-refractivity contribution in [3.63, 3.8) is 0 Å². The third-order valence-corrected chi connectivity index (χ3v) is 3.53. The normalized spacial score (nSPS) is 17.5. The highest BCUT2D eigenvalue weighted by molar-refractivity contribution is 5.96. The monoisotopic (exact) mass is 290 g/mol. The van der Waals surface area contributed by atoms with E-state index >= 15 is 0 Å². The molecule has 0 saturated carbocycles. The number of ketones is 1. The minimum Gasteiger partial charge on any atom is -0.376 e. The van der Waals surface area contributed by atoms with Gasteiger partial charge >= 0.3 is 6.03 Å². The zero-order chi connectivity index (χ0) is 15.1. The summed E-state index contributed by atoms with van der Waals surface area (Å²) in [5.74, 6) is 0.0365. The predicted molar refractivity (Wildman–Crippen MR) is 80.5 cm³/mol. The molecule has 1 aliphatic rings. The Morgan fingerprint density at radius 2 is 2.00 bits per heavy atom. The van der Waals surface area contributed by atoms with Crippen LogP contribution >= 0.6 is 0 Å². The lowest BCUT2D eigenvalue weighted by Gasteiger charge is -2.11. The number of hydrogen-bond donors (Lipinski definition) is 2. The quantitative estimate of drug-likeness (QED) is 0.788. The molecule has 1 aliphatic heterocycles. The number of hydrogen-bond acceptors (Lipinski definition) is 3. The summed E-state index contributed by atoms with van der Waals surface area (Å²) in [6.45, 7) is 3.62. The van der Waals surface area contributed by atoms with Crippen LogP contribution in [0.15, 0.2) is 24.3 Å². The molecule has 114 valence electrons. The average molecular weight is 290 g/mol. The largest absolute Gasteiger partial charge is 0.376 e. The average Bonchev–Trinajstić information content (AvgIpc) is 2.99. The lowest BCUT2D eigenvalue weighted by Crippen LogP contribution is -2.40. The Labute approximate surface area is 125 Å². The number of carbonyl (C=O) groups is 2. The number of aryl methyl sites for hydroxylation is 1. The van der Waals surface area contributed by atoms with Crippen LogP contribution in [0.1, 0.15) is 35.2 Å². The molecule has 1 aromatic carbocycles. The maximum atomic E-state index is 11.9. The molecule has 0 aromatic heterocycles. The number of nitrogens with one attached hydrogen (secondary N) is 2. The van der Waals surface area contributed by atoms with Crippen LogP contribution in [0.5, 0.6) is 0 Å². The van der Waals surface area contributed by atoms with Gasteiger partial charge in [0, 0.05) is 31.7 Å². The first-order chi connectivity index (χ1) is 10.1. The number of Topliss-reactive ketones (excluding diaryl/α,β-unsaturated/α-hetero) is 1. The van der Waals surface area contributed by atoms with Crippen molar-refractivity contribution in [3.05, 3.63) is 35.4 Å². The molecule has 0 radical (unpaired) electrons. The van der Waals surface area contributed by atoms with Gasteiger partial charge in [0.05, 0.1) is 6.10 Å². The molecule has 1 fully saturated rings. The van der Waals surface area contributed by atoms with Crippen LogP contribution in [0.3, 0.4) is 0 Å². The summed E-state index contributed by atoms with van der Waals surface area (Å²) in [7, 11) is 0. The molecule has 1 atom stereocenters. The highest BCUT2D eigenvalue weighted by atomic mass is 16.5. The van der Waals surface area contributed by atoms with Gasteiger partial charge in [0.1, 0.15) is 0 Å². The molecule has 2 N–H and O–H groups in total. The third kappa shape index (κ3) is 5.19. The number of ether oxygens (including phenoxy) is 1. The van der Waals surface area contributed by atoms with Gasteiger partial charge in [0.15, 0.2) is 5.78 Å². The Morgan fingerprint density at radius 3 is 2.67 bits per heavy atom. The van der Waals surface area contributed by atoms with Crippen molar-refractivity contribution in [1.29, 1.82) is 0 Å². The van der Waals surface area contributed by atoms with Crippen LogP contribution in [-0.4, -0.2) is 37.6 Å². The Balaban J connectivity index is 1.62. The van der Waals surface area contributed by atoms with Crippen LogP contribution in [0.25, 0.3) is 0 Å². The second-order valence-corrected chi connectivity index (χ2v) is 5.31. The van der Waals surface area contributed by atoms with E-state index in [0.29, 0.717) is 25.1 Å². The molecule has 2 rings (SSSR count). The molecule has 2 amide bonds. The van der Waals surface area contributed by atoms with Crippen molar-refractivity contribution in [2.24, 2.45) is 0 Å². The lowest BCUT2D eigenvalue weighted by atomic mass is 10.1. The second kappa shape index (κ2) is 7.78. The Bertz CT molecular complexity index is 479. The molecule has 0 bridgehead atoms. The fourth-order valence-corrected chi connectivity index (χ4v) is 2.25. The van der Waals surface area contributed by atoms with Crippen LogP contribution in [0.4, 0.5) is 4.79 Å². The van der Waals surface area contributed by atoms with Crippen LogP contribution in [0, 0.1) is 6.92 Å². The summed E-state index contributed by atoms with van der Waals surface area (Å²) >= 11 is 0. The lowest BCUT2D eigenvalue weighted by molar-refractivity contribution is 0.0982. The number of rotatable bonds is 6. The number of carbonyl (C=O) groups excluding carboxylic acids is 2. The first kappa shape index (κ1) is 15.5. The van der Waals surface area contributed by atoms with E-state index in [9.17, 15) is 9.59 Å². The van der Waals surface area contributed by atoms with E-state index < -0.39 is 0 Å². The molecular formula is C16H22N2O3. The van der Waals surface area contributed by atoms with Gasteiger partial charge < -0.3 is 15.4 Å². The third-order valence-electron chi connectivity index (χ3n) is 3.53. The van der Waals surface area contributed by atoms with Crippen molar-refractivity contribution < 1.29 is 14.3 Å². The molecule has 5 heteroatoms. The van der Waals surface area contributed by atoms with Gasteiger partial charge in [-0.25, -0.2) is 4.79 Å². The highest BCUT2D eigenvalue weighted by Crippen LogP contribution is 2.10. The number of urea groups is 1. The summed E-state index contributed by atoms with van der Waals surface area (Å²) in [4.78, 5) is 23.5. The van der Waals surface area contributed by atoms with Gasteiger partial charge in [0.25, 0.3) is 0 Å². The molecular weight excluding hydrogens is 268 g/mol. The van der Waals surface area contributed by atoms with E-state index in [1.54, 1.807) is 0 Å². The van der Waals surface area contributed by atoms with Gasteiger partial charge in [-0.15, -0.1) is 0 Å². The van der Waals surface area contributed by atoms with E-state index in [0.717, 1.165) is 25.0 Å². The SMILES string of the molecule is Cc1ccc(C(=O)CCNC(=O)NCC2CCCO2)cc1. The molecule has 1 unspecified atom stereocenters. The van der Waals surface area contributed by atoms with Crippen molar-refractivity contribution in [2.75, 3.05) is 19.7 Å². The molecule has 1 heterocycles. The minimum atomic E-state index is -0.248. The predicted octanol–water partition coefficient (Wildman–Crippen LogP) is 2.05. The fraction of sp³-hybridized carbons (Fsp3) is 0.500. The second-order valence-electron chi connectivity index (χ2n) is 5.31. The summed E-state index contributed by atoms with van der Waals surface area (Å²) < 4.78 is 5.42. The van der Waals surface area contributed by atoms with Gasteiger partial charge in [-0.05, 0) is 19.8 Å². The smallest absolute Gasteiger partial charge is 0.314 e. The first-order valence-electron chi connectivity index (χ1n) is 7.38. The topological polar surface area (TPSA) is 67.4 Å². The molecule has 0 spiro atoms. The molecule has 5 nitrogen and oxygen atoms in total. The van der Waals surface area contributed by atoms with Crippen LogP contribution < -0.4 is 10.6 Å². The summed E-state index contributed by atoms with van der Waals surface area (Å²) in [5, 5.41) is 5.45. The first-order valence-corrected chi connectivity index (χ1v) is 7.38. The summed E-state index contributed by atoms with van der Waals surface area (Å²) in [6.07, 6.45) is 2.48. The van der Waals surface area contributed by atoms with E-state index in [1.165, 1.54) is 0 Å². The van der Waals surface area contributed by atoms with E-state index in [2.05, 4.69) is 10.6 Å². The van der Waals surface area contributed by atoms with Gasteiger partial charge in [0.2, 0.25) is 0 Å². The molecule has 1 saturated heterocycles. The van der Waals surface area contributed by atoms with E-state index in [1.807, 2.05) is 31.2 Å². The van der Waals surface area contributed by atoms with Gasteiger partial charge in [-0.3, -0.25) is 4.79 Å². The number of benzene rings is 1. The highest BCUT2D eigenvalue weighted by Gasteiger charge is 2.16. The van der Waals surface area contributed by atoms with Crippen molar-refractivity contribution >= 4 is 11.8 Å². The van der Waals surface area contributed by atoms with Crippen LogP contribution in [0.2, 0.25) is 0 Å². The van der Waals surface area contributed by atoms with Gasteiger partial charge in [-0.1, -0.05) is 29.8 Å². The van der Waals surface area contributed by atoms with E-state index in [-0.39, 0.29) is 17.9 Å². The van der Waals surface area contributed by atoms with Crippen molar-refractivity contribution in [1.82, 2.24) is 10.6 Å². The Hall–Kier alpha value is -1.88. The molecule has 0 aliphatic carbocycles. The Kier molecular flexibility index (Phi) is 5.75.